The van der Waals surface area contributed by atoms with Crippen molar-refractivity contribution in [2.75, 3.05) is 11.9 Å². The smallest absolute Gasteiger partial charge is 0.288 e. The molecule has 0 aliphatic carbocycles. The Balaban J connectivity index is 2.64. The number of hydrogen-bond donors (Lipinski definition) is 1. The molecule has 0 fully saturated rings. The lowest BCUT2D eigenvalue weighted by atomic mass is 10.3. The second-order valence-electron chi connectivity index (χ2n) is 3.07. The Bertz CT molecular complexity index is 407. The molecule has 0 saturated carbocycles. The summed E-state index contributed by atoms with van der Waals surface area (Å²) in [5, 5.41) is 13.6. The van der Waals surface area contributed by atoms with Gasteiger partial charge in [0.25, 0.3) is 5.69 Å². The molecular formula is C10H12BrN3O2. The van der Waals surface area contributed by atoms with Gasteiger partial charge in [-0.25, -0.2) is 4.98 Å². The van der Waals surface area contributed by atoms with Gasteiger partial charge in [0.2, 0.25) is 0 Å². The third-order valence-electron chi connectivity index (χ3n) is 1.88. The highest BCUT2D eigenvalue weighted by Gasteiger charge is 2.09. The van der Waals surface area contributed by atoms with Crippen molar-refractivity contribution in [1.82, 2.24) is 4.98 Å². The average Bonchev–Trinajstić information content (AvgIpc) is 2.26. The van der Waals surface area contributed by atoms with Crippen LogP contribution in [0.3, 0.4) is 0 Å². The molecule has 1 rings (SSSR count). The summed E-state index contributed by atoms with van der Waals surface area (Å²) in [6, 6.07) is 1.44. The van der Waals surface area contributed by atoms with E-state index in [1.165, 1.54) is 12.3 Å². The molecule has 0 amide bonds. The first-order valence-corrected chi connectivity index (χ1v) is 5.59. The van der Waals surface area contributed by atoms with E-state index in [-0.39, 0.29) is 5.69 Å². The zero-order valence-corrected chi connectivity index (χ0v) is 10.4. The zero-order chi connectivity index (χ0) is 12.0. The molecular weight excluding hydrogens is 274 g/mol. The molecule has 6 heteroatoms. The maximum absolute atomic E-state index is 10.5. The lowest BCUT2D eigenvalue weighted by Crippen LogP contribution is -2.03. The van der Waals surface area contributed by atoms with Crippen molar-refractivity contribution < 1.29 is 4.92 Å². The first-order valence-electron chi connectivity index (χ1n) is 4.80. The fourth-order valence-corrected chi connectivity index (χ4v) is 1.58. The number of pyridine rings is 1. The summed E-state index contributed by atoms with van der Waals surface area (Å²) in [4.78, 5) is 14.0. The molecule has 16 heavy (non-hydrogen) atoms. The minimum atomic E-state index is -0.471. The molecule has 0 saturated heterocycles. The monoisotopic (exact) mass is 285 g/mol. The molecule has 0 unspecified atom stereocenters. The van der Waals surface area contributed by atoms with Gasteiger partial charge in [-0.05, 0) is 29.3 Å². The van der Waals surface area contributed by atoms with Gasteiger partial charge >= 0.3 is 0 Å². The number of aromatic nitrogens is 1. The second kappa shape index (κ2) is 6.22. The van der Waals surface area contributed by atoms with Crippen LogP contribution in [0.4, 0.5) is 11.5 Å². The molecule has 5 nitrogen and oxygen atoms in total. The number of anilines is 1. The van der Waals surface area contributed by atoms with Gasteiger partial charge in [-0.15, -0.1) is 0 Å². The van der Waals surface area contributed by atoms with Crippen molar-refractivity contribution in [3.05, 3.63) is 39.0 Å². The van der Waals surface area contributed by atoms with Crippen LogP contribution in [0.1, 0.15) is 13.3 Å². The van der Waals surface area contributed by atoms with Gasteiger partial charge in [0.15, 0.2) is 0 Å². The highest BCUT2D eigenvalue weighted by atomic mass is 79.9. The fourth-order valence-electron chi connectivity index (χ4n) is 1.10. The summed E-state index contributed by atoms with van der Waals surface area (Å²) in [7, 11) is 0. The lowest BCUT2D eigenvalue weighted by molar-refractivity contribution is -0.385. The van der Waals surface area contributed by atoms with E-state index in [2.05, 4.69) is 26.2 Å². The predicted octanol–water partition coefficient (Wildman–Crippen LogP) is 3.13. The highest BCUT2D eigenvalue weighted by Crippen LogP contribution is 2.24. The average molecular weight is 286 g/mol. The first-order chi connectivity index (χ1) is 7.65. The number of rotatable bonds is 5. The highest BCUT2D eigenvalue weighted by molar-refractivity contribution is 9.10. The van der Waals surface area contributed by atoms with E-state index in [9.17, 15) is 10.1 Å². The summed E-state index contributed by atoms with van der Waals surface area (Å²) in [6.45, 7) is 2.70. The minimum Gasteiger partial charge on any atom is -0.369 e. The molecule has 86 valence electrons. The third-order valence-corrected chi connectivity index (χ3v) is 2.48. The maximum atomic E-state index is 10.5. The normalized spacial score (nSPS) is 10.6. The summed E-state index contributed by atoms with van der Waals surface area (Å²) in [5.74, 6) is 0.620. The number of nitro groups is 1. The molecule has 1 heterocycles. The quantitative estimate of drug-likeness (QED) is 0.391. The van der Waals surface area contributed by atoms with Gasteiger partial charge in [-0.2, -0.15) is 0 Å². The predicted molar refractivity (Wildman–Crippen MR) is 66.5 cm³/mol. The van der Waals surface area contributed by atoms with Crippen LogP contribution >= 0.6 is 15.9 Å². The van der Waals surface area contributed by atoms with Gasteiger partial charge in [0, 0.05) is 12.6 Å². The topological polar surface area (TPSA) is 68.1 Å². The van der Waals surface area contributed by atoms with E-state index < -0.39 is 4.92 Å². The Morgan fingerprint density at radius 2 is 2.44 bits per heavy atom. The van der Waals surface area contributed by atoms with E-state index in [0.717, 1.165) is 13.0 Å². The van der Waals surface area contributed by atoms with Crippen LogP contribution in [0.2, 0.25) is 0 Å². The van der Waals surface area contributed by atoms with Crippen molar-refractivity contribution in [2.24, 2.45) is 0 Å². The van der Waals surface area contributed by atoms with E-state index in [0.29, 0.717) is 10.3 Å². The summed E-state index contributed by atoms with van der Waals surface area (Å²) < 4.78 is 0.599. The number of nitrogens with one attached hydrogen (secondary N) is 1. The van der Waals surface area contributed by atoms with E-state index in [1.807, 2.05) is 19.1 Å². The van der Waals surface area contributed by atoms with Crippen molar-refractivity contribution >= 4 is 27.4 Å². The van der Waals surface area contributed by atoms with Crippen LogP contribution in [-0.4, -0.2) is 16.5 Å². The molecule has 0 aliphatic rings. The Morgan fingerprint density at radius 1 is 1.69 bits per heavy atom. The minimum absolute atomic E-state index is 0.0223. The largest absolute Gasteiger partial charge is 0.369 e. The molecule has 0 spiro atoms. The van der Waals surface area contributed by atoms with Gasteiger partial charge in [0.05, 0.1) is 9.40 Å². The Morgan fingerprint density at radius 3 is 3.00 bits per heavy atom. The fraction of sp³-hybridized carbons (Fsp3) is 0.300. The standard InChI is InChI=1S/C10H12BrN3O2/c1-2-3-4-5-12-10-9(11)6-8(7-13-10)14(15)16/h2-3,6-7H,4-5H2,1H3,(H,12,13)/b3-2+. The Labute approximate surface area is 102 Å². The summed E-state index contributed by atoms with van der Waals surface area (Å²) >= 11 is 3.24. The second-order valence-corrected chi connectivity index (χ2v) is 3.92. The maximum Gasteiger partial charge on any atom is 0.288 e. The van der Waals surface area contributed by atoms with Gasteiger partial charge in [0.1, 0.15) is 12.0 Å². The van der Waals surface area contributed by atoms with Gasteiger partial charge in [-0.1, -0.05) is 12.2 Å². The molecule has 0 aromatic carbocycles. The van der Waals surface area contributed by atoms with Crippen LogP contribution in [0, 0.1) is 10.1 Å². The molecule has 0 bridgehead atoms. The summed E-state index contributed by atoms with van der Waals surface area (Å²) in [5.41, 5.74) is -0.0223. The molecule has 1 N–H and O–H groups in total. The Kier molecular flexibility index (Phi) is 4.91. The van der Waals surface area contributed by atoms with Crippen LogP contribution in [0.25, 0.3) is 0 Å². The van der Waals surface area contributed by atoms with Gasteiger partial charge in [-0.3, -0.25) is 10.1 Å². The Hall–Kier alpha value is -1.43. The van der Waals surface area contributed by atoms with Crippen LogP contribution in [0.5, 0.6) is 0 Å². The molecule has 0 atom stereocenters. The van der Waals surface area contributed by atoms with Crippen LogP contribution < -0.4 is 5.32 Å². The lowest BCUT2D eigenvalue weighted by Gasteiger charge is -2.05. The molecule has 1 aromatic rings. The number of allylic oxidation sites excluding steroid dienone is 1. The van der Waals surface area contributed by atoms with E-state index in [1.54, 1.807) is 0 Å². The SMILES string of the molecule is C/C=C/CCNc1ncc([N+](=O)[O-])cc1Br. The first kappa shape index (κ1) is 12.6. The van der Waals surface area contributed by atoms with Crippen LogP contribution in [0.15, 0.2) is 28.9 Å². The third kappa shape index (κ3) is 3.62. The van der Waals surface area contributed by atoms with Crippen molar-refractivity contribution in [3.63, 3.8) is 0 Å². The molecule has 1 aromatic heterocycles. The van der Waals surface area contributed by atoms with E-state index >= 15 is 0 Å². The van der Waals surface area contributed by atoms with Gasteiger partial charge < -0.3 is 5.32 Å². The van der Waals surface area contributed by atoms with Crippen molar-refractivity contribution in [1.29, 1.82) is 0 Å². The number of nitrogens with zero attached hydrogens (tertiary/aromatic N) is 2. The summed E-state index contributed by atoms with van der Waals surface area (Å²) in [6.07, 6.45) is 6.14. The van der Waals surface area contributed by atoms with Crippen LogP contribution in [-0.2, 0) is 0 Å². The van der Waals surface area contributed by atoms with Crippen molar-refractivity contribution in [3.8, 4) is 0 Å². The zero-order valence-electron chi connectivity index (χ0n) is 8.81. The molecule has 0 radical (unpaired) electrons. The number of halogens is 1. The molecule has 0 aliphatic heterocycles. The van der Waals surface area contributed by atoms with Crippen molar-refractivity contribution in [2.45, 2.75) is 13.3 Å². The number of hydrogen-bond acceptors (Lipinski definition) is 4. The van der Waals surface area contributed by atoms with E-state index in [4.69, 9.17) is 0 Å².